The van der Waals surface area contributed by atoms with E-state index in [-0.39, 0.29) is 16.8 Å². The lowest BCUT2D eigenvalue weighted by Crippen LogP contribution is -2.36. The van der Waals surface area contributed by atoms with Crippen LogP contribution in [0.4, 0.5) is 0 Å². The maximum atomic E-state index is 12.8. The van der Waals surface area contributed by atoms with E-state index < -0.39 is 10.0 Å². The minimum atomic E-state index is -3.73. The predicted molar refractivity (Wildman–Crippen MR) is 113 cm³/mol. The first-order valence-electron chi connectivity index (χ1n) is 8.83. The molecule has 1 saturated carbocycles. The Morgan fingerprint density at radius 2 is 1.82 bits per heavy atom. The van der Waals surface area contributed by atoms with Crippen LogP contribution in [0.1, 0.15) is 31.4 Å². The Hall–Kier alpha value is -1.94. The SMILES string of the molecule is NS(=O)(=O)c1ccc(-c2ccc(C=C3SC(=S)N(C4CCCC4)C3=O)o2)cc1. The summed E-state index contributed by atoms with van der Waals surface area (Å²) in [5.74, 6) is 1.05. The summed E-state index contributed by atoms with van der Waals surface area (Å²) in [5, 5.41) is 5.11. The second kappa shape index (κ2) is 7.47. The van der Waals surface area contributed by atoms with Gasteiger partial charge in [0.1, 0.15) is 15.8 Å². The van der Waals surface area contributed by atoms with Crippen LogP contribution in [0, 0.1) is 0 Å². The zero-order chi connectivity index (χ0) is 19.9. The lowest BCUT2D eigenvalue weighted by molar-refractivity contribution is -0.123. The molecule has 1 amide bonds. The Kier molecular flexibility index (Phi) is 5.17. The third kappa shape index (κ3) is 3.80. The van der Waals surface area contributed by atoms with E-state index in [1.807, 2.05) is 0 Å². The van der Waals surface area contributed by atoms with Crippen molar-refractivity contribution >= 4 is 50.3 Å². The zero-order valence-electron chi connectivity index (χ0n) is 14.8. The van der Waals surface area contributed by atoms with Crippen molar-refractivity contribution in [1.29, 1.82) is 0 Å². The van der Waals surface area contributed by atoms with Gasteiger partial charge in [-0.1, -0.05) is 36.8 Å². The minimum absolute atomic E-state index is 0.0404. The van der Waals surface area contributed by atoms with E-state index in [1.54, 1.807) is 35.2 Å². The van der Waals surface area contributed by atoms with E-state index in [0.29, 0.717) is 26.3 Å². The maximum Gasteiger partial charge on any atom is 0.266 e. The van der Waals surface area contributed by atoms with Gasteiger partial charge < -0.3 is 4.42 Å². The molecule has 2 heterocycles. The second-order valence-corrected chi connectivity index (χ2v) is 10.00. The summed E-state index contributed by atoms with van der Waals surface area (Å²) in [6.45, 7) is 0. The van der Waals surface area contributed by atoms with Gasteiger partial charge in [0.05, 0.1) is 9.80 Å². The number of furan rings is 1. The number of carbonyl (C=O) groups excluding carboxylic acids is 1. The number of primary sulfonamides is 1. The number of thiocarbonyl (C=S) groups is 1. The molecular formula is C19H18N2O4S3. The van der Waals surface area contributed by atoms with Crippen molar-refractivity contribution in [2.24, 2.45) is 5.14 Å². The van der Waals surface area contributed by atoms with Gasteiger partial charge in [0.25, 0.3) is 5.91 Å². The zero-order valence-corrected chi connectivity index (χ0v) is 17.3. The lowest BCUT2D eigenvalue weighted by atomic mass is 10.2. The van der Waals surface area contributed by atoms with Gasteiger partial charge in [-0.3, -0.25) is 9.69 Å². The fourth-order valence-electron chi connectivity index (χ4n) is 3.48. The predicted octanol–water partition coefficient (Wildman–Crippen LogP) is 3.74. The summed E-state index contributed by atoms with van der Waals surface area (Å²) in [6, 6.07) is 9.87. The highest BCUT2D eigenvalue weighted by molar-refractivity contribution is 8.26. The van der Waals surface area contributed by atoms with Gasteiger partial charge in [-0.05, 0) is 49.2 Å². The maximum absolute atomic E-state index is 12.8. The summed E-state index contributed by atoms with van der Waals surface area (Å²) in [5.41, 5.74) is 0.713. The lowest BCUT2D eigenvalue weighted by Gasteiger charge is -2.21. The van der Waals surface area contributed by atoms with Gasteiger partial charge in [0.15, 0.2) is 0 Å². The molecule has 146 valence electrons. The van der Waals surface area contributed by atoms with Gasteiger partial charge >= 0.3 is 0 Å². The number of hydrogen-bond donors (Lipinski definition) is 1. The van der Waals surface area contributed by atoms with Crippen LogP contribution in [-0.4, -0.2) is 29.6 Å². The first-order valence-corrected chi connectivity index (χ1v) is 11.6. The molecule has 1 saturated heterocycles. The molecule has 1 aliphatic heterocycles. The quantitative estimate of drug-likeness (QED) is 0.582. The first kappa shape index (κ1) is 19.4. The molecule has 0 bridgehead atoms. The molecule has 0 radical (unpaired) electrons. The largest absolute Gasteiger partial charge is 0.457 e. The Morgan fingerprint density at radius 1 is 1.14 bits per heavy atom. The molecule has 6 nitrogen and oxygen atoms in total. The van der Waals surface area contributed by atoms with E-state index in [4.69, 9.17) is 21.8 Å². The van der Waals surface area contributed by atoms with Crippen LogP contribution >= 0.6 is 24.0 Å². The van der Waals surface area contributed by atoms with Crippen molar-refractivity contribution in [2.75, 3.05) is 0 Å². The van der Waals surface area contributed by atoms with Gasteiger partial charge in [0.2, 0.25) is 10.0 Å². The van der Waals surface area contributed by atoms with Crippen LogP contribution in [0.25, 0.3) is 17.4 Å². The standard InChI is InChI=1S/C19H18N2O4S3/c20-28(23,24)15-8-5-12(6-9-15)16-10-7-14(25-16)11-17-18(22)21(19(26)27-17)13-3-1-2-4-13/h5-11,13H,1-4H2,(H2,20,23,24). The molecule has 1 aromatic carbocycles. The van der Waals surface area contributed by atoms with E-state index in [9.17, 15) is 13.2 Å². The molecular weight excluding hydrogens is 416 g/mol. The van der Waals surface area contributed by atoms with Crippen LogP contribution < -0.4 is 5.14 Å². The highest BCUT2D eigenvalue weighted by atomic mass is 32.2. The van der Waals surface area contributed by atoms with Gasteiger partial charge in [-0.15, -0.1) is 0 Å². The van der Waals surface area contributed by atoms with E-state index in [1.165, 1.54) is 23.9 Å². The van der Waals surface area contributed by atoms with Gasteiger partial charge in [-0.25, -0.2) is 13.6 Å². The number of nitrogens with zero attached hydrogens (tertiary/aromatic N) is 1. The van der Waals surface area contributed by atoms with Crippen LogP contribution in [0.3, 0.4) is 0 Å². The Balaban J connectivity index is 1.55. The third-order valence-corrected chi connectivity index (χ3v) is 7.14. The van der Waals surface area contributed by atoms with E-state index in [2.05, 4.69) is 0 Å². The molecule has 4 rings (SSSR count). The second-order valence-electron chi connectivity index (χ2n) is 6.76. The van der Waals surface area contributed by atoms with Crippen molar-refractivity contribution in [3.05, 3.63) is 47.1 Å². The molecule has 2 aromatic rings. The molecule has 1 aliphatic carbocycles. The van der Waals surface area contributed by atoms with Crippen molar-refractivity contribution in [1.82, 2.24) is 4.90 Å². The minimum Gasteiger partial charge on any atom is -0.457 e. The summed E-state index contributed by atoms with van der Waals surface area (Å²) in [6.07, 6.45) is 5.97. The summed E-state index contributed by atoms with van der Waals surface area (Å²) >= 11 is 6.71. The highest BCUT2D eigenvalue weighted by Crippen LogP contribution is 2.38. The number of benzene rings is 1. The number of rotatable bonds is 4. The Bertz CT molecular complexity index is 1060. The average molecular weight is 435 g/mol. The van der Waals surface area contributed by atoms with Crippen molar-refractivity contribution < 1.29 is 17.6 Å². The molecule has 2 N–H and O–H groups in total. The monoisotopic (exact) mass is 434 g/mol. The Morgan fingerprint density at radius 3 is 2.46 bits per heavy atom. The molecule has 0 spiro atoms. The number of amides is 1. The smallest absolute Gasteiger partial charge is 0.266 e. The van der Waals surface area contributed by atoms with Crippen LogP contribution in [-0.2, 0) is 14.8 Å². The molecule has 2 fully saturated rings. The topological polar surface area (TPSA) is 93.6 Å². The normalized spacial score (nSPS) is 19.9. The summed E-state index contributed by atoms with van der Waals surface area (Å²) < 4.78 is 29.1. The first-order chi connectivity index (χ1) is 13.3. The molecule has 2 aliphatic rings. The highest BCUT2D eigenvalue weighted by Gasteiger charge is 2.38. The van der Waals surface area contributed by atoms with Crippen LogP contribution in [0.15, 0.2) is 50.6 Å². The number of sulfonamides is 1. The number of thioether (sulfide) groups is 1. The molecule has 28 heavy (non-hydrogen) atoms. The molecule has 1 aromatic heterocycles. The summed E-state index contributed by atoms with van der Waals surface area (Å²) in [4.78, 5) is 15.1. The van der Waals surface area contributed by atoms with Crippen LogP contribution in [0.5, 0.6) is 0 Å². The van der Waals surface area contributed by atoms with Crippen molar-refractivity contribution in [2.45, 2.75) is 36.6 Å². The molecule has 9 heteroatoms. The number of hydrogen-bond acceptors (Lipinski definition) is 6. The van der Waals surface area contributed by atoms with E-state index in [0.717, 1.165) is 25.7 Å². The van der Waals surface area contributed by atoms with E-state index >= 15 is 0 Å². The number of carbonyl (C=O) groups is 1. The third-order valence-electron chi connectivity index (χ3n) is 4.88. The van der Waals surface area contributed by atoms with Crippen molar-refractivity contribution in [3.8, 4) is 11.3 Å². The van der Waals surface area contributed by atoms with Gasteiger partial charge in [0, 0.05) is 17.7 Å². The number of nitrogens with two attached hydrogens (primary N) is 1. The fraction of sp³-hybridized carbons (Fsp3) is 0.263. The summed E-state index contributed by atoms with van der Waals surface area (Å²) in [7, 11) is -3.73. The molecule has 0 atom stereocenters. The molecule has 0 unspecified atom stereocenters. The van der Waals surface area contributed by atoms with Gasteiger partial charge in [-0.2, -0.15) is 0 Å². The fourth-order valence-corrected chi connectivity index (χ4v) is 5.38. The van der Waals surface area contributed by atoms with Crippen LogP contribution in [0.2, 0.25) is 0 Å². The Labute approximate surface area is 172 Å². The average Bonchev–Trinajstić information content (AvgIpc) is 3.37. The van der Waals surface area contributed by atoms with Crippen molar-refractivity contribution in [3.63, 3.8) is 0 Å².